The van der Waals surface area contributed by atoms with Crippen LogP contribution in [0.15, 0.2) is 10.5 Å². The van der Waals surface area contributed by atoms with Crippen molar-refractivity contribution < 1.29 is 9.53 Å². The van der Waals surface area contributed by atoms with Crippen LogP contribution in [0.4, 0.5) is 0 Å². The SMILES string of the molecule is CCCn1c(SCC(=O)OC)nnc1-c1csc2c1CCC(C)C2. The van der Waals surface area contributed by atoms with Gasteiger partial charge in [0, 0.05) is 22.4 Å². The zero-order valence-electron chi connectivity index (χ0n) is 14.4. The highest BCUT2D eigenvalue weighted by atomic mass is 32.2. The monoisotopic (exact) mass is 365 g/mol. The van der Waals surface area contributed by atoms with Gasteiger partial charge >= 0.3 is 5.97 Å². The molecule has 0 spiro atoms. The van der Waals surface area contributed by atoms with Gasteiger partial charge in [0.25, 0.3) is 0 Å². The highest BCUT2D eigenvalue weighted by molar-refractivity contribution is 7.99. The fraction of sp³-hybridized carbons (Fsp3) is 0.588. The van der Waals surface area contributed by atoms with Crippen molar-refractivity contribution in [2.75, 3.05) is 12.9 Å². The molecule has 1 aliphatic rings. The number of carbonyl (C=O) groups excluding carboxylic acids is 1. The molecular weight excluding hydrogens is 342 g/mol. The standard InChI is InChI=1S/C17H23N3O2S2/c1-4-7-20-16(18-19-17(20)24-10-15(21)22-3)13-9-23-14-8-11(2)5-6-12(13)14/h9,11H,4-8,10H2,1-3H3. The van der Waals surface area contributed by atoms with Gasteiger partial charge in [-0.15, -0.1) is 21.5 Å². The number of rotatable bonds is 6. The fourth-order valence-corrected chi connectivity index (χ4v) is 5.11. The van der Waals surface area contributed by atoms with Gasteiger partial charge in [-0.3, -0.25) is 4.79 Å². The molecule has 0 radical (unpaired) electrons. The average molecular weight is 366 g/mol. The van der Waals surface area contributed by atoms with Crippen molar-refractivity contribution in [3.8, 4) is 11.4 Å². The van der Waals surface area contributed by atoms with E-state index in [0.29, 0.717) is 0 Å². The Balaban J connectivity index is 1.91. The van der Waals surface area contributed by atoms with Crippen LogP contribution in [0.25, 0.3) is 11.4 Å². The van der Waals surface area contributed by atoms with E-state index in [9.17, 15) is 4.79 Å². The summed E-state index contributed by atoms with van der Waals surface area (Å²) in [6, 6.07) is 0. The molecule has 0 bridgehead atoms. The van der Waals surface area contributed by atoms with E-state index in [-0.39, 0.29) is 11.7 Å². The molecule has 0 saturated heterocycles. The number of esters is 1. The smallest absolute Gasteiger partial charge is 0.316 e. The molecular formula is C17H23N3O2S2. The van der Waals surface area contributed by atoms with E-state index in [0.717, 1.165) is 36.3 Å². The summed E-state index contributed by atoms with van der Waals surface area (Å²) in [6.07, 6.45) is 4.54. The van der Waals surface area contributed by atoms with Crippen molar-refractivity contribution in [3.63, 3.8) is 0 Å². The molecule has 0 aliphatic heterocycles. The minimum absolute atomic E-state index is 0.241. The largest absolute Gasteiger partial charge is 0.468 e. The minimum Gasteiger partial charge on any atom is -0.468 e. The topological polar surface area (TPSA) is 57.0 Å². The van der Waals surface area contributed by atoms with Crippen LogP contribution in [0.2, 0.25) is 0 Å². The minimum atomic E-state index is -0.241. The predicted octanol–water partition coefficient (Wildman–Crippen LogP) is 3.81. The van der Waals surface area contributed by atoms with Gasteiger partial charge in [0.1, 0.15) is 0 Å². The fourth-order valence-electron chi connectivity index (χ4n) is 3.07. The Hall–Kier alpha value is -1.34. The number of ether oxygens (including phenoxy) is 1. The van der Waals surface area contributed by atoms with E-state index < -0.39 is 0 Å². The van der Waals surface area contributed by atoms with Gasteiger partial charge in [-0.1, -0.05) is 25.6 Å². The third-order valence-electron chi connectivity index (χ3n) is 4.35. The molecule has 3 rings (SSSR count). The molecule has 5 nitrogen and oxygen atoms in total. The average Bonchev–Trinajstić information content (AvgIpc) is 3.16. The second kappa shape index (κ2) is 7.70. The number of methoxy groups -OCH3 is 1. The molecule has 24 heavy (non-hydrogen) atoms. The summed E-state index contributed by atoms with van der Waals surface area (Å²) in [6.45, 7) is 5.32. The number of thioether (sulfide) groups is 1. The van der Waals surface area contributed by atoms with Crippen LogP contribution >= 0.6 is 23.1 Å². The van der Waals surface area contributed by atoms with Crippen LogP contribution in [0.1, 0.15) is 37.1 Å². The lowest BCUT2D eigenvalue weighted by Crippen LogP contribution is -2.10. The number of nitrogens with zero attached hydrogens (tertiary/aromatic N) is 3. The third-order valence-corrected chi connectivity index (χ3v) is 6.34. The Morgan fingerprint density at radius 2 is 2.33 bits per heavy atom. The molecule has 0 fully saturated rings. The Kier molecular flexibility index (Phi) is 5.61. The molecule has 1 atom stereocenters. The zero-order chi connectivity index (χ0) is 17.1. The Bertz CT molecular complexity index is 723. The van der Waals surface area contributed by atoms with Gasteiger partial charge in [0.05, 0.1) is 12.9 Å². The summed E-state index contributed by atoms with van der Waals surface area (Å²) in [5, 5.41) is 11.8. The van der Waals surface area contributed by atoms with Gasteiger partial charge in [-0.25, -0.2) is 0 Å². The van der Waals surface area contributed by atoms with E-state index in [2.05, 4.69) is 34.0 Å². The summed E-state index contributed by atoms with van der Waals surface area (Å²) in [4.78, 5) is 12.9. The van der Waals surface area contributed by atoms with Crippen LogP contribution in [0, 0.1) is 5.92 Å². The lowest BCUT2D eigenvalue weighted by atomic mass is 9.88. The maximum absolute atomic E-state index is 11.4. The summed E-state index contributed by atoms with van der Waals surface area (Å²) in [5.74, 6) is 1.73. The summed E-state index contributed by atoms with van der Waals surface area (Å²) >= 11 is 3.24. The molecule has 2 aromatic heterocycles. The van der Waals surface area contributed by atoms with Crippen molar-refractivity contribution in [1.82, 2.24) is 14.8 Å². The molecule has 7 heteroatoms. The van der Waals surface area contributed by atoms with Crippen LogP contribution in [-0.4, -0.2) is 33.6 Å². The number of hydrogen-bond acceptors (Lipinski definition) is 6. The van der Waals surface area contributed by atoms with Crippen molar-refractivity contribution in [2.24, 2.45) is 5.92 Å². The van der Waals surface area contributed by atoms with E-state index in [1.54, 1.807) is 0 Å². The second-order valence-electron chi connectivity index (χ2n) is 6.22. The van der Waals surface area contributed by atoms with E-state index in [1.165, 1.54) is 47.7 Å². The van der Waals surface area contributed by atoms with Crippen LogP contribution in [0.3, 0.4) is 0 Å². The highest BCUT2D eigenvalue weighted by Gasteiger charge is 2.24. The summed E-state index contributed by atoms with van der Waals surface area (Å²) in [5.41, 5.74) is 2.68. The molecule has 0 N–H and O–H groups in total. The van der Waals surface area contributed by atoms with Gasteiger partial charge in [0.15, 0.2) is 11.0 Å². The van der Waals surface area contributed by atoms with E-state index >= 15 is 0 Å². The molecule has 2 aromatic rings. The first-order valence-corrected chi connectivity index (χ1v) is 10.2. The maximum atomic E-state index is 11.4. The molecule has 0 amide bonds. The highest BCUT2D eigenvalue weighted by Crippen LogP contribution is 2.38. The predicted molar refractivity (Wildman–Crippen MR) is 97.6 cm³/mol. The molecule has 1 unspecified atom stereocenters. The number of carbonyl (C=O) groups is 1. The first kappa shape index (κ1) is 17.5. The molecule has 0 aromatic carbocycles. The number of hydrogen-bond donors (Lipinski definition) is 0. The van der Waals surface area contributed by atoms with Gasteiger partial charge in [-0.2, -0.15) is 0 Å². The lowest BCUT2D eigenvalue weighted by molar-refractivity contribution is -0.137. The summed E-state index contributed by atoms with van der Waals surface area (Å²) in [7, 11) is 1.41. The third kappa shape index (κ3) is 3.52. The summed E-state index contributed by atoms with van der Waals surface area (Å²) < 4.78 is 6.87. The molecule has 0 saturated carbocycles. The Labute approximate surface area is 150 Å². The number of aromatic nitrogens is 3. The first-order chi connectivity index (χ1) is 11.6. The molecule has 130 valence electrons. The van der Waals surface area contributed by atoms with Gasteiger partial charge in [-0.05, 0) is 37.2 Å². The lowest BCUT2D eigenvalue weighted by Gasteiger charge is -2.19. The van der Waals surface area contributed by atoms with Crippen LogP contribution in [0.5, 0.6) is 0 Å². The van der Waals surface area contributed by atoms with Gasteiger partial charge in [0.2, 0.25) is 0 Å². The molecule has 1 aliphatic carbocycles. The normalized spacial score (nSPS) is 16.9. The van der Waals surface area contributed by atoms with Crippen molar-refractivity contribution >= 4 is 29.1 Å². The maximum Gasteiger partial charge on any atom is 0.316 e. The van der Waals surface area contributed by atoms with Crippen molar-refractivity contribution in [1.29, 1.82) is 0 Å². The quantitative estimate of drug-likeness (QED) is 0.575. The van der Waals surface area contributed by atoms with Crippen molar-refractivity contribution in [3.05, 3.63) is 15.8 Å². The van der Waals surface area contributed by atoms with Crippen molar-refractivity contribution in [2.45, 2.75) is 51.2 Å². The Morgan fingerprint density at radius 3 is 3.08 bits per heavy atom. The zero-order valence-corrected chi connectivity index (χ0v) is 16.0. The van der Waals surface area contributed by atoms with Crippen LogP contribution in [-0.2, 0) is 28.9 Å². The second-order valence-corrected chi connectivity index (χ2v) is 8.13. The van der Waals surface area contributed by atoms with Gasteiger partial charge < -0.3 is 9.30 Å². The Morgan fingerprint density at radius 1 is 1.50 bits per heavy atom. The number of fused-ring (bicyclic) bond motifs is 1. The molecule has 2 heterocycles. The first-order valence-electron chi connectivity index (χ1n) is 8.36. The van der Waals surface area contributed by atoms with Crippen LogP contribution < -0.4 is 0 Å². The number of thiophene rings is 1. The van der Waals surface area contributed by atoms with E-state index in [1.807, 2.05) is 11.3 Å². The van der Waals surface area contributed by atoms with E-state index in [4.69, 9.17) is 4.74 Å².